The number of carbonyl (C=O) groups is 1. The van der Waals surface area contributed by atoms with Gasteiger partial charge in [0.25, 0.3) is 0 Å². The predicted octanol–water partition coefficient (Wildman–Crippen LogP) is 3.83. The second kappa shape index (κ2) is 9.21. The summed E-state index contributed by atoms with van der Waals surface area (Å²) in [6, 6.07) is 17.5. The Bertz CT molecular complexity index is 644. The average Bonchev–Trinajstić information content (AvgIpc) is 2.54. The highest BCUT2D eigenvalue weighted by Gasteiger charge is 2.23. The number of rotatable bonds is 6. The number of hydrogen-bond donors (Lipinski definition) is 2. The first-order chi connectivity index (χ1) is 10.9. The number of benzene rings is 2. The minimum absolute atomic E-state index is 0. The fourth-order valence-corrected chi connectivity index (χ4v) is 2.67. The normalized spacial score (nSPS) is 12.2. The molecule has 3 nitrogen and oxygen atoms in total. The molecule has 0 saturated carbocycles. The van der Waals surface area contributed by atoms with E-state index in [1.54, 1.807) is 0 Å². The van der Waals surface area contributed by atoms with E-state index in [2.05, 4.69) is 47.2 Å². The van der Waals surface area contributed by atoms with Gasteiger partial charge in [0, 0.05) is 16.4 Å². The molecule has 0 radical (unpaired) electrons. The molecule has 0 saturated heterocycles. The lowest BCUT2D eigenvalue weighted by Gasteiger charge is -2.26. The van der Waals surface area contributed by atoms with E-state index in [1.165, 1.54) is 5.56 Å². The van der Waals surface area contributed by atoms with Crippen molar-refractivity contribution in [2.75, 3.05) is 6.54 Å². The third-order valence-corrected chi connectivity index (χ3v) is 4.49. The molecule has 5 heteroatoms. The van der Waals surface area contributed by atoms with Crippen LogP contribution >= 0.6 is 28.3 Å². The van der Waals surface area contributed by atoms with E-state index in [9.17, 15) is 4.79 Å². The van der Waals surface area contributed by atoms with Gasteiger partial charge in [0.1, 0.15) is 0 Å². The first kappa shape index (κ1) is 20.7. The monoisotopic (exact) mass is 410 g/mol. The quantitative estimate of drug-likeness (QED) is 0.759. The van der Waals surface area contributed by atoms with Crippen molar-refractivity contribution in [1.82, 2.24) is 5.32 Å². The molecule has 0 bridgehead atoms. The van der Waals surface area contributed by atoms with Crippen molar-refractivity contribution in [3.63, 3.8) is 0 Å². The Labute approximate surface area is 158 Å². The lowest BCUT2D eigenvalue weighted by Crippen LogP contribution is -2.46. The van der Waals surface area contributed by atoms with Gasteiger partial charge in [-0.15, -0.1) is 12.4 Å². The van der Waals surface area contributed by atoms with Crippen molar-refractivity contribution in [2.24, 2.45) is 5.73 Å². The van der Waals surface area contributed by atoms with E-state index in [-0.39, 0.29) is 23.7 Å². The van der Waals surface area contributed by atoms with Gasteiger partial charge in [-0.25, -0.2) is 0 Å². The number of nitrogens with one attached hydrogen (secondary N) is 1. The third-order valence-electron chi connectivity index (χ3n) is 3.97. The minimum atomic E-state index is -0.530. The molecule has 0 fully saturated rings. The van der Waals surface area contributed by atoms with E-state index in [1.807, 2.05) is 42.5 Å². The maximum absolute atomic E-state index is 12.2. The number of nitrogens with two attached hydrogens (primary N) is 1. The zero-order valence-electron chi connectivity index (χ0n) is 14.0. The van der Waals surface area contributed by atoms with Crippen LogP contribution in [0.25, 0.3) is 0 Å². The average molecular weight is 412 g/mol. The summed E-state index contributed by atoms with van der Waals surface area (Å²) in [7, 11) is 0. The third kappa shape index (κ3) is 5.93. The summed E-state index contributed by atoms with van der Waals surface area (Å²) in [5.41, 5.74) is 8.12. The fourth-order valence-electron chi connectivity index (χ4n) is 2.40. The molecule has 130 valence electrons. The first-order valence-electron chi connectivity index (χ1n) is 7.72. The summed E-state index contributed by atoms with van der Waals surface area (Å²) in [6.45, 7) is 4.77. The maximum atomic E-state index is 12.2. The predicted molar refractivity (Wildman–Crippen MR) is 106 cm³/mol. The van der Waals surface area contributed by atoms with E-state index < -0.39 is 6.04 Å². The van der Waals surface area contributed by atoms with Gasteiger partial charge in [-0.3, -0.25) is 4.79 Å². The molecular weight excluding hydrogens is 388 g/mol. The van der Waals surface area contributed by atoms with Crippen LogP contribution in [-0.4, -0.2) is 18.5 Å². The van der Waals surface area contributed by atoms with Crippen LogP contribution in [0.3, 0.4) is 0 Å². The molecule has 2 rings (SSSR count). The Morgan fingerprint density at radius 3 is 2.29 bits per heavy atom. The highest BCUT2D eigenvalue weighted by molar-refractivity contribution is 9.10. The Balaban J connectivity index is 0.00000288. The number of hydrogen-bond acceptors (Lipinski definition) is 2. The summed E-state index contributed by atoms with van der Waals surface area (Å²) in [4.78, 5) is 12.2. The zero-order valence-corrected chi connectivity index (χ0v) is 16.4. The Hall–Kier alpha value is -1.36. The second-order valence-electron chi connectivity index (χ2n) is 6.40. The largest absolute Gasteiger partial charge is 0.354 e. The standard InChI is InChI=1S/C19H23BrN2O.ClH/c1-19(2,15-8-10-16(20)11-9-15)13-22-18(23)17(21)12-14-6-4-3-5-7-14;/h3-11,17H,12-13,21H2,1-2H3,(H,22,23);1H. The number of carbonyl (C=O) groups excluding carboxylic acids is 1. The summed E-state index contributed by atoms with van der Waals surface area (Å²) in [5.74, 6) is -0.112. The number of amides is 1. The number of halogens is 2. The molecule has 0 spiro atoms. The maximum Gasteiger partial charge on any atom is 0.237 e. The Kier molecular flexibility index (Phi) is 7.94. The van der Waals surface area contributed by atoms with Crippen molar-refractivity contribution in [3.05, 3.63) is 70.2 Å². The molecule has 0 aromatic heterocycles. The smallest absolute Gasteiger partial charge is 0.237 e. The topological polar surface area (TPSA) is 55.1 Å². The van der Waals surface area contributed by atoms with Gasteiger partial charge in [0.15, 0.2) is 0 Å². The second-order valence-corrected chi connectivity index (χ2v) is 7.32. The highest BCUT2D eigenvalue weighted by Crippen LogP contribution is 2.24. The molecule has 3 N–H and O–H groups in total. The SMILES string of the molecule is CC(C)(CNC(=O)C(N)Cc1ccccc1)c1ccc(Br)cc1.Cl. The van der Waals surface area contributed by atoms with Crippen LogP contribution in [0, 0.1) is 0 Å². The Morgan fingerprint density at radius 2 is 1.71 bits per heavy atom. The van der Waals surface area contributed by atoms with Crippen LogP contribution in [0.1, 0.15) is 25.0 Å². The van der Waals surface area contributed by atoms with Crippen LogP contribution in [0.5, 0.6) is 0 Å². The molecule has 0 aliphatic heterocycles. The van der Waals surface area contributed by atoms with Crippen molar-refractivity contribution in [1.29, 1.82) is 0 Å². The van der Waals surface area contributed by atoms with Crippen molar-refractivity contribution < 1.29 is 4.79 Å². The molecule has 1 unspecified atom stereocenters. The molecule has 0 aliphatic rings. The van der Waals surface area contributed by atoms with Gasteiger partial charge in [-0.2, -0.15) is 0 Å². The molecule has 1 atom stereocenters. The van der Waals surface area contributed by atoms with Crippen LogP contribution < -0.4 is 11.1 Å². The molecular formula is C19H24BrClN2O. The lowest BCUT2D eigenvalue weighted by molar-refractivity contribution is -0.122. The zero-order chi connectivity index (χ0) is 16.9. The lowest BCUT2D eigenvalue weighted by atomic mass is 9.84. The minimum Gasteiger partial charge on any atom is -0.354 e. The van der Waals surface area contributed by atoms with Crippen molar-refractivity contribution >= 4 is 34.2 Å². The van der Waals surface area contributed by atoms with Gasteiger partial charge in [0.05, 0.1) is 6.04 Å². The molecule has 24 heavy (non-hydrogen) atoms. The van der Waals surface area contributed by atoms with Gasteiger partial charge < -0.3 is 11.1 Å². The van der Waals surface area contributed by atoms with Crippen LogP contribution in [0.15, 0.2) is 59.1 Å². The first-order valence-corrected chi connectivity index (χ1v) is 8.51. The van der Waals surface area contributed by atoms with E-state index >= 15 is 0 Å². The molecule has 0 aliphatic carbocycles. The molecule has 2 aromatic rings. The molecule has 1 amide bonds. The van der Waals surface area contributed by atoms with Gasteiger partial charge >= 0.3 is 0 Å². The van der Waals surface area contributed by atoms with Crippen LogP contribution in [-0.2, 0) is 16.6 Å². The molecule has 2 aromatic carbocycles. The van der Waals surface area contributed by atoms with E-state index in [0.29, 0.717) is 13.0 Å². The van der Waals surface area contributed by atoms with Crippen molar-refractivity contribution in [3.8, 4) is 0 Å². The summed E-state index contributed by atoms with van der Waals surface area (Å²) >= 11 is 3.44. The molecule has 0 heterocycles. The van der Waals surface area contributed by atoms with Gasteiger partial charge in [-0.05, 0) is 29.7 Å². The summed E-state index contributed by atoms with van der Waals surface area (Å²) in [6.07, 6.45) is 0.547. The fraction of sp³-hybridized carbons (Fsp3) is 0.316. The van der Waals surface area contributed by atoms with E-state index in [4.69, 9.17) is 5.73 Å². The summed E-state index contributed by atoms with van der Waals surface area (Å²) in [5, 5.41) is 2.98. The van der Waals surface area contributed by atoms with E-state index in [0.717, 1.165) is 10.0 Å². The van der Waals surface area contributed by atoms with Crippen LogP contribution in [0.4, 0.5) is 0 Å². The van der Waals surface area contributed by atoms with Crippen molar-refractivity contribution in [2.45, 2.75) is 31.7 Å². The van der Waals surface area contributed by atoms with Gasteiger partial charge in [-0.1, -0.05) is 72.2 Å². The van der Waals surface area contributed by atoms with Crippen LogP contribution in [0.2, 0.25) is 0 Å². The Morgan fingerprint density at radius 1 is 1.12 bits per heavy atom. The summed E-state index contributed by atoms with van der Waals surface area (Å²) < 4.78 is 1.05. The highest BCUT2D eigenvalue weighted by atomic mass is 79.9. The van der Waals surface area contributed by atoms with Gasteiger partial charge in [0.2, 0.25) is 5.91 Å².